The molecule has 2 N–H and O–H groups in total. The van der Waals surface area contributed by atoms with Crippen molar-refractivity contribution in [1.29, 1.82) is 0 Å². The number of aryl methyl sites for hydroxylation is 1. The minimum Gasteiger partial charge on any atom is -0.490 e. The summed E-state index contributed by atoms with van der Waals surface area (Å²) in [5.41, 5.74) is 9.06. The summed E-state index contributed by atoms with van der Waals surface area (Å²) in [5, 5.41) is 0. The highest BCUT2D eigenvalue weighted by Gasteiger charge is 2.33. The van der Waals surface area contributed by atoms with E-state index in [2.05, 4.69) is 39.0 Å². The van der Waals surface area contributed by atoms with E-state index in [4.69, 9.17) is 10.5 Å². The van der Waals surface area contributed by atoms with Crippen LogP contribution in [0.25, 0.3) is 0 Å². The van der Waals surface area contributed by atoms with Gasteiger partial charge in [-0.05, 0) is 49.8 Å². The van der Waals surface area contributed by atoms with Crippen LogP contribution in [-0.2, 0) is 6.42 Å². The molecule has 1 aliphatic heterocycles. The van der Waals surface area contributed by atoms with E-state index in [0.29, 0.717) is 6.10 Å². The fraction of sp³-hybridized carbons (Fsp3) is 0.667. The third-order valence-corrected chi connectivity index (χ3v) is 4.86. The molecule has 0 spiro atoms. The number of ether oxygens (including phenoxy) is 1. The van der Waals surface area contributed by atoms with Gasteiger partial charge >= 0.3 is 0 Å². The molecular weight excluding hydrogens is 246 g/mol. The van der Waals surface area contributed by atoms with Gasteiger partial charge in [0, 0.05) is 6.42 Å². The zero-order chi connectivity index (χ0) is 14.6. The molecule has 2 unspecified atom stereocenters. The summed E-state index contributed by atoms with van der Waals surface area (Å²) in [7, 11) is 0. The lowest BCUT2D eigenvalue weighted by Gasteiger charge is -2.33. The number of rotatable bonds is 7. The molecule has 20 heavy (non-hydrogen) atoms. The first kappa shape index (κ1) is 15.4. The fourth-order valence-electron chi connectivity index (χ4n) is 3.35. The van der Waals surface area contributed by atoms with Crippen LogP contribution >= 0.6 is 0 Å². The molecule has 0 saturated carbocycles. The highest BCUT2D eigenvalue weighted by Crippen LogP contribution is 2.38. The van der Waals surface area contributed by atoms with Crippen LogP contribution in [-0.4, -0.2) is 12.6 Å². The van der Waals surface area contributed by atoms with E-state index >= 15 is 0 Å². The molecule has 2 rings (SSSR count). The normalized spacial score (nSPS) is 20.3. The molecule has 0 aliphatic carbocycles. The van der Waals surface area contributed by atoms with Crippen LogP contribution in [0.4, 0.5) is 0 Å². The molecule has 2 atom stereocenters. The van der Waals surface area contributed by atoms with Gasteiger partial charge in [0.2, 0.25) is 0 Å². The summed E-state index contributed by atoms with van der Waals surface area (Å²) in [6.07, 6.45) is 7.34. The van der Waals surface area contributed by atoms with Crippen molar-refractivity contribution >= 4 is 0 Å². The maximum absolute atomic E-state index is 6.15. The second-order valence-corrected chi connectivity index (χ2v) is 6.42. The van der Waals surface area contributed by atoms with Crippen molar-refractivity contribution in [2.75, 3.05) is 6.54 Å². The van der Waals surface area contributed by atoms with Crippen LogP contribution in [0.15, 0.2) is 18.2 Å². The zero-order valence-corrected chi connectivity index (χ0v) is 13.2. The molecule has 1 aromatic rings. The zero-order valence-electron chi connectivity index (χ0n) is 13.2. The molecule has 0 radical (unpaired) electrons. The first-order valence-corrected chi connectivity index (χ1v) is 8.08. The van der Waals surface area contributed by atoms with Crippen molar-refractivity contribution in [3.8, 4) is 5.75 Å². The minimum atomic E-state index is 0.262. The number of benzene rings is 1. The summed E-state index contributed by atoms with van der Waals surface area (Å²) in [4.78, 5) is 0. The van der Waals surface area contributed by atoms with E-state index in [1.54, 1.807) is 0 Å². The van der Waals surface area contributed by atoms with Gasteiger partial charge in [0.05, 0.1) is 0 Å². The van der Waals surface area contributed by atoms with Crippen LogP contribution in [0.2, 0.25) is 0 Å². The van der Waals surface area contributed by atoms with Gasteiger partial charge in [-0.15, -0.1) is 0 Å². The molecule has 2 nitrogen and oxygen atoms in total. The fourth-order valence-corrected chi connectivity index (χ4v) is 3.35. The van der Waals surface area contributed by atoms with Gasteiger partial charge in [0.25, 0.3) is 0 Å². The average Bonchev–Trinajstić information content (AvgIpc) is 2.84. The molecule has 0 bridgehead atoms. The van der Waals surface area contributed by atoms with Gasteiger partial charge < -0.3 is 10.5 Å². The molecule has 112 valence electrons. The average molecular weight is 275 g/mol. The van der Waals surface area contributed by atoms with Crippen LogP contribution in [0.3, 0.4) is 0 Å². The maximum atomic E-state index is 6.15. The summed E-state index contributed by atoms with van der Waals surface area (Å²) in [6, 6.07) is 6.51. The van der Waals surface area contributed by atoms with Gasteiger partial charge in [-0.3, -0.25) is 0 Å². The van der Waals surface area contributed by atoms with E-state index in [-0.39, 0.29) is 5.41 Å². The Morgan fingerprint density at radius 3 is 2.80 bits per heavy atom. The molecule has 0 aromatic heterocycles. The highest BCUT2D eigenvalue weighted by atomic mass is 16.5. The lowest BCUT2D eigenvalue weighted by atomic mass is 9.75. The SMILES string of the molecule is CCCCC(CC)(CN)CC1Cc2cc(C)ccc2O1. The third-order valence-electron chi connectivity index (χ3n) is 4.86. The number of unbranched alkanes of at least 4 members (excludes halogenated alkanes) is 1. The Hall–Kier alpha value is -1.02. The first-order valence-electron chi connectivity index (χ1n) is 8.08. The highest BCUT2D eigenvalue weighted by molar-refractivity contribution is 5.40. The van der Waals surface area contributed by atoms with E-state index in [9.17, 15) is 0 Å². The number of nitrogens with two attached hydrogens (primary N) is 1. The second kappa shape index (κ2) is 6.62. The topological polar surface area (TPSA) is 35.2 Å². The lowest BCUT2D eigenvalue weighted by molar-refractivity contribution is 0.124. The van der Waals surface area contributed by atoms with Crippen LogP contribution in [0.1, 0.15) is 57.1 Å². The van der Waals surface area contributed by atoms with Gasteiger partial charge in [0.1, 0.15) is 11.9 Å². The quantitative estimate of drug-likeness (QED) is 0.808. The standard InChI is InChI=1S/C18H29NO/c1-4-6-9-18(5-2,13-19)12-16-11-15-10-14(3)7-8-17(15)20-16/h7-8,10,16H,4-6,9,11-13,19H2,1-3H3. The molecule has 1 aliphatic rings. The van der Waals surface area contributed by atoms with E-state index in [1.807, 2.05) is 0 Å². The van der Waals surface area contributed by atoms with Crippen LogP contribution in [0.5, 0.6) is 5.75 Å². The van der Waals surface area contributed by atoms with E-state index in [1.165, 1.54) is 30.4 Å². The Bertz CT molecular complexity index is 437. The van der Waals surface area contributed by atoms with Crippen molar-refractivity contribution < 1.29 is 4.74 Å². The van der Waals surface area contributed by atoms with Crippen molar-refractivity contribution in [2.24, 2.45) is 11.1 Å². The summed E-state index contributed by atoms with van der Waals surface area (Å²) < 4.78 is 6.15. The Labute approximate surface area is 123 Å². The largest absolute Gasteiger partial charge is 0.490 e. The maximum Gasteiger partial charge on any atom is 0.123 e. The monoisotopic (exact) mass is 275 g/mol. The van der Waals surface area contributed by atoms with Crippen LogP contribution < -0.4 is 10.5 Å². The smallest absolute Gasteiger partial charge is 0.123 e. The summed E-state index contributed by atoms with van der Waals surface area (Å²) in [6.45, 7) is 7.44. The molecule has 0 fully saturated rings. The van der Waals surface area contributed by atoms with Crippen molar-refractivity contribution in [1.82, 2.24) is 0 Å². The third kappa shape index (κ3) is 3.35. The Morgan fingerprint density at radius 1 is 1.35 bits per heavy atom. The Kier molecular flexibility index (Phi) is 5.09. The van der Waals surface area contributed by atoms with E-state index < -0.39 is 0 Å². The van der Waals surface area contributed by atoms with Gasteiger partial charge in [-0.25, -0.2) is 0 Å². The van der Waals surface area contributed by atoms with Crippen molar-refractivity contribution in [2.45, 2.75) is 65.4 Å². The summed E-state index contributed by atoms with van der Waals surface area (Å²) >= 11 is 0. The second-order valence-electron chi connectivity index (χ2n) is 6.42. The lowest BCUT2D eigenvalue weighted by Crippen LogP contribution is -2.35. The summed E-state index contributed by atoms with van der Waals surface area (Å²) in [5.74, 6) is 1.08. The molecule has 0 saturated heterocycles. The molecule has 0 amide bonds. The molecule has 2 heteroatoms. The van der Waals surface area contributed by atoms with Crippen LogP contribution in [0, 0.1) is 12.3 Å². The van der Waals surface area contributed by atoms with Gasteiger partial charge in [0.15, 0.2) is 0 Å². The Morgan fingerprint density at radius 2 is 2.15 bits per heavy atom. The number of hydrogen-bond acceptors (Lipinski definition) is 2. The first-order chi connectivity index (χ1) is 9.62. The minimum absolute atomic E-state index is 0.262. The predicted octanol–water partition coefficient (Wildman–Crippen LogP) is 4.23. The van der Waals surface area contributed by atoms with Crippen molar-refractivity contribution in [3.05, 3.63) is 29.3 Å². The molecule has 1 heterocycles. The van der Waals surface area contributed by atoms with Crippen molar-refractivity contribution in [3.63, 3.8) is 0 Å². The van der Waals surface area contributed by atoms with Gasteiger partial charge in [-0.2, -0.15) is 0 Å². The molecule has 1 aromatic carbocycles. The van der Waals surface area contributed by atoms with E-state index in [0.717, 1.165) is 31.6 Å². The Balaban J connectivity index is 2.03. The van der Waals surface area contributed by atoms with Gasteiger partial charge in [-0.1, -0.05) is 44.4 Å². The predicted molar refractivity (Wildman–Crippen MR) is 85.2 cm³/mol. The number of hydrogen-bond donors (Lipinski definition) is 1. The molecular formula is C18H29NO. The number of fused-ring (bicyclic) bond motifs is 1.